The van der Waals surface area contributed by atoms with Crippen molar-refractivity contribution in [1.29, 1.82) is 0 Å². The molecule has 0 fully saturated rings. The van der Waals surface area contributed by atoms with Gasteiger partial charge in [0.15, 0.2) is 0 Å². The predicted octanol–water partition coefficient (Wildman–Crippen LogP) is 4.72. The van der Waals surface area contributed by atoms with E-state index in [1.54, 1.807) is 0 Å². The van der Waals surface area contributed by atoms with E-state index in [9.17, 15) is 26.7 Å². The highest BCUT2D eigenvalue weighted by Gasteiger charge is 2.46. The van der Waals surface area contributed by atoms with Crippen molar-refractivity contribution in [2.24, 2.45) is 4.99 Å². The third-order valence-electron chi connectivity index (χ3n) is 3.77. The fraction of sp³-hybridized carbons (Fsp3) is 0.176. The Kier molecular flexibility index (Phi) is 3.85. The molecule has 2 aromatic carbocycles. The Labute approximate surface area is 138 Å². The van der Waals surface area contributed by atoms with E-state index in [4.69, 9.17) is 0 Å². The number of nitrogens with zero attached hydrogens (tertiary/aromatic N) is 1. The molecule has 0 N–H and O–H groups in total. The second-order valence-electron chi connectivity index (χ2n) is 5.33. The first-order valence-electron chi connectivity index (χ1n) is 7.02. The van der Waals surface area contributed by atoms with Crippen LogP contribution >= 0.6 is 0 Å². The molecule has 1 aliphatic heterocycles. The summed E-state index contributed by atoms with van der Waals surface area (Å²) < 4.78 is 71.8. The Morgan fingerprint density at radius 2 is 1.72 bits per heavy atom. The molecule has 25 heavy (non-hydrogen) atoms. The van der Waals surface area contributed by atoms with Gasteiger partial charge in [-0.2, -0.15) is 22.0 Å². The molecule has 0 spiro atoms. The van der Waals surface area contributed by atoms with Crippen molar-refractivity contribution >= 4 is 17.4 Å². The van der Waals surface area contributed by atoms with Gasteiger partial charge in [0.25, 0.3) is 0 Å². The van der Waals surface area contributed by atoms with Gasteiger partial charge in [-0.15, -0.1) is 0 Å². The van der Waals surface area contributed by atoms with Gasteiger partial charge >= 0.3 is 18.1 Å². The molecular formula is C17H10F5NO2. The SMILES string of the molecule is COC(=O)c1ccc(C2=Nc3cc(C(F)(F)F)ccc3C2(F)F)cc1. The van der Waals surface area contributed by atoms with E-state index in [0.29, 0.717) is 12.1 Å². The normalized spacial score (nSPS) is 15.5. The van der Waals surface area contributed by atoms with E-state index in [0.717, 1.165) is 6.07 Å². The zero-order chi connectivity index (χ0) is 18.4. The number of benzene rings is 2. The molecular weight excluding hydrogens is 345 g/mol. The fourth-order valence-corrected chi connectivity index (χ4v) is 2.51. The minimum Gasteiger partial charge on any atom is -0.465 e. The monoisotopic (exact) mass is 355 g/mol. The summed E-state index contributed by atoms with van der Waals surface area (Å²) in [5.41, 5.74) is -2.57. The average molecular weight is 355 g/mol. The lowest BCUT2D eigenvalue weighted by Gasteiger charge is -2.14. The summed E-state index contributed by atoms with van der Waals surface area (Å²) in [5.74, 6) is -4.17. The van der Waals surface area contributed by atoms with Gasteiger partial charge in [0, 0.05) is 5.56 Å². The number of aliphatic imine (C=N–C) groups is 1. The molecule has 0 amide bonds. The van der Waals surface area contributed by atoms with Crippen LogP contribution < -0.4 is 0 Å². The first kappa shape index (κ1) is 17.1. The highest BCUT2D eigenvalue weighted by molar-refractivity contribution is 6.11. The van der Waals surface area contributed by atoms with E-state index in [1.165, 1.54) is 31.4 Å². The summed E-state index contributed by atoms with van der Waals surface area (Å²) in [4.78, 5) is 15.1. The van der Waals surface area contributed by atoms with Gasteiger partial charge < -0.3 is 4.74 Å². The number of esters is 1. The number of carbonyl (C=O) groups excluding carboxylic acids is 1. The standard InChI is InChI=1S/C17H10F5NO2/c1-25-15(24)10-4-2-9(3-5-10)14-16(18,19)12-7-6-11(17(20,21)22)8-13(12)23-14/h2-8H,1H3. The van der Waals surface area contributed by atoms with Crippen molar-refractivity contribution in [3.8, 4) is 0 Å². The van der Waals surface area contributed by atoms with Crippen LogP contribution in [0.5, 0.6) is 0 Å². The van der Waals surface area contributed by atoms with Crippen molar-refractivity contribution in [2.45, 2.75) is 12.1 Å². The zero-order valence-corrected chi connectivity index (χ0v) is 12.7. The molecule has 0 radical (unpaired) electrons. The minimum absolute atomic E-state index is 0.00223. The number of hydrogen-bond acceptors (Lipinski definition) is 3. The first-order valence-corrected chi connectivity index (χ1v) is 7.02. The van der Waals surface area contributed by atoms with Crippen LogP contribution in [0.1, 0.15) is 27.0 Å². The van der Waals surface area contributed by atoms with Crippen LogP contribution in [-0.2, 0) is 16.8 Å². The smallest absolute Gasteiger partial charge is 0.416 e. The molecule has 0 saturated carbocycles. The van der Waals surface area contributed by atoms with Crippen molar-refractivity contribution < 1.29 is 31.5 Å². The first-order chi connectivity index (χ1) is 11.6. The largest absolute Gasteiger partial charge is 0.465 e. The molecule has 0 bridgehead atoms. The number of halogens is 5. The van der Waals surface area contributed by atoms with Crippen LogP contribution in [0.15, 0.2) is 47.5 Å². The molecule has 0 unspecified atom stereocenters. The fourth-order valence-electron chi connectivity index (χ4n) is 2.51. The average Bonchev–Trinajstić information content (AvgIpc) is 2.84. The van der Waals surface area contributed by atoms with Gasteiger partial charge in [0.1, 0.15) is 5.71 Å². The topological polar surface area (TPSA) is 38.7 Å². The molecule has 130 valence electrons. The number of rotatable bonds is 2. The van der Waals surface area contributed by atoms with Crippen LogP contribution in [0, 0.1) is 0 Å². The maximum absolute atomic E-state index is 14.5. The molecule has 0 aliphatic carbocycles. The summed E-state index contributed by atoms with van der Waals surface area (Å²) >= 11 is 0. The van der Waals surface area contributed by atoms with Crippen molar-refractivity contribution in [1.82, 2.24) is 0 Å². The van der Waals surface area contributed by atoms with Crippen molar-refractivity contribution in [2.75, 3.05) is 7.11 Å². The van der Waals surface area contributed by atoms with Gasteiger partial charge in [0.05, 0.1) is 29.5 Å². The lowest BCUT2D eigenvalue weighted by atomic mass is 9.98. The molecule has 0 aromatic heterocycles. The van der Waals surface area contributed by atoms with Crippen LogP contribution in [0.3, 0.4) is 0 Å². The number of hydrogen-bond donors (Lipinski definition) is 0. The van der Waals surface area contributed by atoms with E-state index in [-0.39, 0.29) is 11.1 Å². The molecule has 1 heterocycles. The highest BCUT2D eigenvalue weighted by Crippen LogP contribution is 2.46. The van der Waals surface area contributed by atoms with Gasteiger partial charge in [-0.05, 0) is 30.3 Å². The number of fused-ring (bicyclic) bond motifs is 1. The maximum atomic E-state index is 14.5. The Bertz CT molecular complexity index is 870. The molecule has 1 aliphatic rings. The summed E-state index contributed by atoms with van der Waals surface area (Å²) in [6, 6.07) is 6.99. The third-order valence-corrected chi connectivity index (χ3v) is 3.77. The zero-order valence-electron chi connectivity index (χ0n) is 12.7. The van der Waals surface area contributed by atoms with Crippen LogP contribution in [0.2, 0.25) is 0 Å². The highest BCUT2D eigenvalue weighted by atomic mass is 19.4. The molecule has 3 rings (SSSR count). The van der Waals surface area contributed by atoms with Gasteiger partial charge in [-0.25, -0.2) is 9.79 Å². The summed E-state index contributed by atoms with van der Waals surface area (Å²) in [6.07, 6.45) is -4.65. The summed E-state index contributed by atoms with van der Waals surface area (Å²) in [6.45, 7) is 0. The minimum atomic E-state index is -4.65. The van der Waals surface area contributed by atoms with Crippen molar-refractivity contribution in [3.05, 3.63) is 64.7 Å². The molecule has 0 saturated heterocycles. The summed E-state index contributed by atoms with van der Waals surface area (Å²) in [7, 11) is 1.18. The molecule has 0 atom stereocenters. The quantitative estimate of drug-likeness (QED) is 0.578. The van der Waals surface area contributed by atoms with Crippen molar-refractivity contribution in [3.63, 3.8) is 0 Å². The molecule has 8 heteroatoms. The third kappa shape index (κ3) is 2.88. The Hall–Kier alpha value is -2.77. The Balaban J connectivity index is 2.03. The summed E-state index contributed by atoms with van der Waals surface area (Å²) in [5, 5.41) is 0. The second kappa shape index (κ2) is 5.65. The Morgan fingerprint density at radius 3 is 2.28 bits per heavy atom. The number of ether oxygens (including phenoxy) is 1. The maximum Gasteiger partial charge on any atom is 0.416 e. The van der Waals surface area contributed by atoms with Gasteiger partial charge in [-0.3, -0.25) is 0 Å². The van der Waals surface area contributed by atoms with E-state index in [2.05, 4.69) is 9.73 Å². The molecule has 2 aromatic rings. The van der Waals surface area contributed by atoms with E-state index in [1.807, 2.05) is 0 Å². The van der Waals surface area contributed by atoms with Gasteiger partial charge in [0.2, 0.25) is 0 Å². The number of carbonyl (C=O) groups is 1. The number of methoxy groups -OCH3 is 1. The van der Waals surface area contributed by atoms with Gasteiger partial charge in [-0.1, -0.05) is 12.1 Å². The predicted molar refractivity (Wildman–Crippen MR) is 79.3 cm³/mol. The van der Waals surface area contributed by atoms with Crippen LogP contribution in [0.25, 0.3) is 0 Å². The lowest BCUT2D eigenvalue weighted by Crippen LogP contribution is -2.23. The van der Waals surface area contributed by atoms with Crippen LogP contribution in [-0.4, -0.2) is 18.8 Å². The van der Waals surface area contributed by atoms with E-state index < -0.39 is 40.6 Å². The molecule has 3 nitrogen and oxygen atoms in total. The van der Waals surface area contributed by atoms with Crippen LogP contribution in [0.4, 0.5) is 27.6 Å². The Morgan fingerprint density at radius 1 is 1.08 bits per heavy atom. The second-order valence-corrected chi connectivity index (χ2v) is 5.33. The van der Waals surface area contributed by atoms with E-state index >= 15 is 0 Å². The number of alkyl halides is 5. The lowest BCUT2D eigenvalue weighted by molar-refractivity contribution is -0.137.